The fraction of sp³-hybridized carbons (Fsp3) is 0.500. The highest BCUT2D eigenvalue weighted by Crippen LogP contribution is 2.38. The minimum absolute atomic E-state index is 0.0127. The fourth-order valence-electron chi connectivity index (χ4n) is 3.76. The molecule has 1 atom stereocenters. The van der Waals surface area contributed by atoms with Crippen molar-refractivity contribution in [1.29, 1.82) is 0 Å². The van der Waals surface area contributed by atoms with Crippen LogP contribution in [-0.2, 0) is 13.1 Å². The van der Waals surface area contributed by atoms with Gasteiger partial charge in [-0.15, -0.1) is 11.3 Å². The van der Waals surface area contributed by atoms with Gasteiger partial charge in [-0.1, -0.05) is 0 Å². The highest BCUT2D eigenvalue weighted by Gasteiger charge is 2.28. The standard InChI is InChI=1S/C18H21N5OS/c24-17-6-5-16(13-3-4-13)20-23(17)12-15-2-1-7-21(15)10-14-11-22-8-9-25-18(22)19-14/h5-6,8-9,11,13,15H,1-4,7,10,12H2. The zero-order valence-electron chi connectivity index (χ0n) is 14.0. The van der Waals surface area contributed by atoms with E-state index in [-0.39, 0.29) is 5.56 Å². The Hall–Kier alpha value is -1.99. The predicted octanol–water partition coefficient (Wildman–Crippen LogP) is 2.49. The molecule has 0 amide bonds. The number of thiazole rings is 1. The van der Waals surface area contributed by atoms with Gasteiger partial charge in [-0.2, -0.15) is 5.10 Å². The van der Waals surface area contributed by atoms with Crippen molar-refractivity contribution in [3.05, 3.63) is 51.6 Å². The maximum Gasteiger partial charge on any atom is 0.266 e. The Bertz CT molecular complexity index is 925. The van der Waals surface area contributed by atoms with Crippen LogP contribution in [0.5, 0.6) is 0 Å². The molecule has 2 fully saturated rings. The Kier molecular flexibility index (Phi) is 3.71. The second kappa shape index (κ2) is 6.07. The van der Waals surface area contributed by atoms with E-state index in [4.69, 9.17) is 4.98 Å². The highest BCUT2D eigenvalue weighted by molar-refractivity contribution is 7.15. The van der Waals surface area contributed by atoms with E-state index < -0.39 is 0 Å². The van der Waals surface area contributed by atoms with Gasteiger partial charge in [-0.05, 0) is 38.3 Å². The number of nitrogens with zero attached hydrogens (tertiary/aromatic N) is 5. The van der Waals surface area contributed by atoms with Gasteiger partial charge in [-0.3, -0.25) is 14.1 Å². The highest BCUT2D eigenvalue weighted by atomic mass is 32.1. The number of fused-ring (bicyclic) bond motifs is 1. The van der Waals surface area contributed by atoms with E-state index in [0.717, 1.165) is 35.9 Å². The van der Waals surface area contributed by atoms with Crippen LogP contribution in [0.25, 0.3) is 4.96 Å². The van der Waals surface area contributed by atoms with Crippen molar-refractivity contribution in [2.75, 3.05) is 6.54 Å². The lowest BCUT2D eigenvalue weighted by Gasteiger charge is -2.23. The second-order valence-electron chi connectivity index (χ2n) is 7.14. The minimum Gasteiger partial charge on any atom is -0.297 e. The summed E-state index contributed by atoms with van der Waals surface area (Å²) in [4.78, 5) is 20.4. The fourth-order valence-corrected chi connectivity index (χ4v) is 4.48. The van der Waals surface area contributed by atoms with Crippen molar-refractivity contribution in [3.8, 4) is 0 Å². The molecular formula is C18H21N5OS. The zero-order chi connectivity index (χ0) is 16.8. The van der Waals surface area contributed by atoms with Gasteiger partial charge < -0.3 is 0 Å². The number of likely N-dealkylation sites (tertiary alicyclic amines) is 1. The molecule has 7 heteroatoms. The van der Waals surface area contributed by atoms with Crippen LogP contribution in [0.15, 0.2) is 34.7 Å². The Balaban J connectivity index is 1.33. The molecule has 0 aromatic carbocycles. The third kappa shape index (κ3) is 3.02. The first-order valence-electron chi connectivity index (χ1n) is 8.99. The summed E-state index contributed by atoms with van der Waals surface area (Å²) >= 11 is 1.66. The van der Waals surface area contributed by atoms with E-state index in [1.165, 1.54) is 19.3 Å². The molecule has 1 aliphatic heterocycles. The molecule has 1 aliphatic carbocycles. The molecule has 1 saturated carbocycles. The van der Waals surface area contributed by atoms with Crippen LogP contribution in [0.3, 0.4) is 0 Å². The number of hydrogen-bond acceptors (Lipinski definition) is 5. The molecule has 0 radical (unpaired) electrons. The monoisotopic (exact) mass is 355 g/mol. The first kappa shape index (κ1) is 15.3. The van der Waals surface area contributed by atoms with E-state index in [0.29, 0.717) is 18.5 Å². The SMILES string of the molecule is O=c1ccc(C2CC2)nn1CC1CCCN1Cc1cn2ccsc2n1. The van der Waals surface area contributed by atoms with E-state index in [1.807, 2.05) is 12.3 Å². The average molecular weight is 355 g/mol. The summed E-state index contributed by atoms with van der Waals surface area (Å²) < 4.78 is 3.76. The van der Waals surface area contributed by atoms with Gasteiger partial charge in [0.25, 0.3) is 5.56 Å². The van der Waals surface area contributed by atoms with Gasteiger partial charge in [-0.25, -0.2) is 9.67 Å². The van der Waals surface area contributed by atoms with E-state index in [2.05, 4.69) is 26.0 Å². The number of imidazole rings is 1. The molecule has 4 heterocycles. The topological polar surface area (TPSA) is 55.4 Å². The normalized spacial score (nSPS) is 21.4. The first-order valence-corrected chi connectivity index (χ1v) is 9.87. The molecule has 130 valence electrons. The van der Waals surface area contributed by atoms with E-state index in [9.17, 15) is 4.79 Å². The lowest BCUT2D eigenvalue weighted by Crippen LogP contribution is -2.37. The van der Waals surface area contributed by atoms with Crippen LogP contribution >= 0.6 is 11.3 Å². The summed E-state index contributed by atoms with van der Waals surface area (Å²) in [7, 11) is 0. The van der Waals surface area contributed by atoms with Crippen molar-refractivity contribution in [1.82, 2.24) is 24.1 Å². The average Bonchev–Trinajstić information content (AvgIpc) is 3.02. The van der Waals surface area contributed by atoms with Gasteiger partial charge >= 0.3 is 0 Å². The number of rotatable bonds is 5. The van der Waals surface area contributed by atoms with Crippen LogP contribution in [0.4, 0.5) is 0 Å². The summed E-state index contributed by atoms with van der Waals surface area (Å²) in [5.41, 5.74) is 2.20. The molecule has 2 aliphatic rings. The van der Waals surface area contributed by atoms with Gasteiger partial charge in [0.1, 0.15) is 0 Å². The van der Waals surface area contributed by atoms with Crippen LogP contribution in [0.1, 0.15) is 43.0 Å². The molecular weight excluding hydrogens is 334 g/mol. The molecule has 6 nitrogen and oxygen atoms in total. The maximum absolute atomic E-state index is 12.2. The van der Waals surface area contributed by atoms with Gasteiger partial charge in [0.15, 0.2) is 4.96 Å². The van der Waals surface area contributed by atoms with Crippen molar-refractivity contribution in [2.45, 2.75) is 50.7 Å². The summed E-state index contributed by atoms with van der Waals surface area (Å²) in [6, 6.07) is 3.95. The van der Waals surface area contributed by atoms with E-state index >= 15 is 0 Å². The zero-order valence-corrected chi connectivity index (χ0v) is 14.9. The predicted molar refractivity (Wildman–Crippen MR) is 97.0 cm³/mol. The summed E-state index contributed by atoms with van der Waals surface area (Å²) in [6.07, 6.45) is 8.86. The lowest BCUT2D eigenvalue weighted by molar-refractivity contribution is 0.214. The van der Waals surface area contributed by atoms with E-state index in [1.54, 1.807) is 22.1 Å². The van der Waals surface area contributed by atoms with Crippen molar-refractivity contribution in [3.63, 3.8) is 0 Å². The van der Waals surface area contributed by atoms with Crippen LogP contribution < -0.4 is 5.56 Å². The summed E-state index contributed by atoms with van der Waals surface area (Å²) in [5, 5.41) is 6.68. The van der Waals surface area contributed by atoms with Gasteiger partial charge in [0.2, 0.25) is 0 Å². The quantitative estimate of drug-likeness (QED) is 0.706. The molecule has 1 unspecified atom stereocenters. The third-order valence-electron chi connectivity index (χ3n) is 5.27. The van der Waals surface area contributed by atoms with Gasteiger partial charge in [0.05, 0.1) is 17.9 Å². The molecule has 3 aromatic rings. The Morgan fingerprint density at radius 1 is 1.24 bits per heavy atom. The maximum atomic E-state index is 12.2. The summed E-state index contributed by atoms with van der Waals surface area (Å²) in [5.74, 6) is 0.574. The van der Waals surface area contributed by atoms with Crippen molar-refractivity contribution < 1.29 is 0 Å². The van der Waals surface area contributed by atoms with Gasteiger partial charge in [0, 0.05) is 42.3 Å². The minimum atomic E-state index is 0.0127. The second-order valence-corrected chi connectivity index (χ2v) is 8.02. The molecule has 1 saturated heterocycles. The number of aromatic nitrogens is 4. The van der Waals surface area contributed by atoms with Crippen LogP contribution in [0.2, 0.25) is 0 Å². The molecule has 3 aromatic heterocycles. The van der Waals surface area contributed by atoms with Crippen molar-refractivity contribution >= 4 is 16.3 Å². The van der Waals surface area contributed by atoms with Crippen LogP contribution in [-0.4, -0.2) is 36.7 Å². The molecule has 0 bridgehead atoms. The molecule has 5 rings (SSSR count). The number of hydrogen-bond donors (Lipinski definition) is 0. The molecule has 0 spiro atoms. The molecule has 0 N–H and O–H groups in total. The third-order valence-corrected chi connectivity index (χ3v) is 6.04. The van der Waals surface area contributed by atoms with Crippen molar-refractivity contribution in [2.24, 2.45) is 0 Å². The Morgan fingerprint density at radius 3 is 3.00 bits per heavy atom. The Labute approximate surface area is 149 Å². The summed E-state index contributed by atoms with van der Waals surface area (Å²) in [6.45, 7) is 2.59. The Morgan fingerprint density at radius 2 is 2.16 bits per heavy atom. The van der Waals surface area contributed by atoms with Crippen LogP contribution in [0, 0.1) is 0 Å². The lowest BCUT2D eigenvalue weighted by atomic mass is 10.2. The largest absolute Gasteiger partial charge is 0.297 e. The first-order chi connectivity index (χ1) is 12.3. The molecule has 25 heavy (non-hydrogen) atoms. The smallest absolute Gasteiger partial charge is 0.266 e.